The third-order valence-electron chi connectivity index (χ3n) is 5.78. The first-order valence-electron chi connectivity index (χ1n) is 10.6. The lowest BCUT2D eigenvalue weighted by molar-refractivity contribution is 0.0296. The molecule has 0 bridgehead atoms. The Morgan fingerprint density at radius 3 is 2.79 bits per heavy atom. The van der Waals surface area contributed by atoms with Crippen LogP contribution in [0, 0.1) is 19.8 Å². The van der Waals surface area contributed by atoms with Gasteiger partial charge in [-0.1, -0.05) is 0 Å². The molecular weight excluding hydrogens is 388 g/mol. The molecule has 7 nitrogen and oxygen atoms in total. The number of morpholine rings is 1. The van der Waals surface area contributed by atoms with Gasteiger partial charge >= 0.3 is 5.97 Å². The lowest BCUT2D eigenvalue weighted by Gasteiger charge is -2.37. The highest BCUT2D eigenvalue weighted by Gasteiger charge is 2.28. The number of hydrogen-bond donors (Lipinski definition) is 0. The molecule has 8 heteroatoms. The van der Waals surface area contributed by atoms with Crippen molar-refractivity contribution < 1.29 is 14.3 Å². The van der Waals surface area contributed by atoms with Gasteiger partial charge in [0.15, 0.2) is 0 Å². The molecular formula is C21H30N4O3S. The number of hydrogen-bond acceptors (Lipinski definition) is 8. The van der Waals surface area contributed by atoms with E-state index in [-0.39, 0.29) is 5.97 Å². The number of aromatic nitrogens is 2. The minimum Gasteiger partial charge on any atom is -0.462 e. The first kappa shape index (κ1) is 20.5. The molecule has 158 valence electrons. The quantitative estimate of drug-likeness (QED) is 0.692. The van der Waals surface area contributed by atoms with Crippen molar-refractivity contribution in [1.29, 1.82) is 0 Å². The lowest BCUT2D eigenvalue weighted by Crippen LogP contribution is -2.44. The molecule has 0 radical (unpaired) electrons. The van der Waals surface area contributed by atoms with E-state index in [1.807, 2.05) is 20.8 Å². The molecule has 0 aliphatic carbocycles. The summed E-state index contributed by atoms with van der Waals surface area (Å²) in [6.45, 7) is 13.0. The maximum absolute atomic E-state index is 12.4. The zero-order valence-electron chi connectivity index (χ0n) is 17.6. The Balaban J connectivity index is 1.61. The number of piperidine rings is 1. The van der Waals surface area contributed by atoms with Crippen LogP contribution in [0.25, 0.3) is 10.2 Å². The van der Waals surface area contributed by atoms with Gasteiger partial charge in [0.1, 0.15) is 21.3 Å². The van der Waals surface area contributed by atoms with Crippen LogP contribution in [0.5, 0.6) is 0 Å². The Hall–Kier alpha value is -1.77. The SMILES string of the molecule is CCOC(=O)c1sc2nc(C)nc(N3CCCC(CN4CCOCC4)C3)c2c1C. The maximum atomic E-state index is 12.4. The summed E-state index contributed by atoms with van der Waals surface area (Å²) in [6.07, 6.45) is 2.41. The highest BCUT2D eigenvalue weighted by atomic mass is 32.1. The van der Waals surface area contributed by atoms with Crippen molar-refractivity contribution in [3.05, 3.63) is 16.3 Å². The second kappa shape index (κ2) is 8.93. The fraction of sp³-hybridized carbons (Fsp3) is 0.667. The van der Waals surface area contributed by atoms with Crippen molar-refractivity contribution in [3.8, 4) is 0 Å². The Bertz CT molecular complexity index is 878. The van der Waals surface area contributed by atoms with Gasteiger partial charge in [-0.3, -0.25) is 4.90 Å². The number of aryl methyl sites for hydroxylation is 2. The summed E-state index contributed by atoms with van der Waals surface area (Å²) >= 11 is 1.42. The standard InChI is InChI=1S/C21H30N4O3S/c1-4-28-21(26)18-14(2)17-19(22-15(3)23-20(17)29-18)25-7-5-6-16(13-25)12-24-8-10-27-11-9-24/h16H,4-13H2,1-3H3. The summed E-state index contributed by atoms with van der Waals surface area (Å²) in [5.74, 6) is 2.08. The first-order chi connectivity index (χ1) is 14.1. The maximum Gasteiger partial charge on any atom is 0.348 e. The van der Waals surface area contributed by atoms with Gasteiger partial charge in [0, 0.05) is 32.7 Å². The molecule has 0 aromatic carbocycles. The van der Waals surface area contributed by atoms with Gasteiger partial charge in [-0.05, 0) is 45.1 Å². The molecule has 29 heavy (non-hydrogen) atoms. The molecule has 2 fully saturated rings. The van der Waals surface area contributed by atoms with Crippen LogP contribution >= 0.6 is 11.3 Å². The van der Waals surface area contributed by atoms with Gasteiger partial charge in [0.2, 0.25) is 0 Å². The average Bonchev–Trinajstić information content (AvgIpc) is 3.05. The zero-order chi connectivity index (χ0) is 20.4. The largest absolute Gasteiger partial charge is 0.462 e. The smallest absolute Gasteiger partial charge is 0.348 e. The molecule has 1 unspecified atom stereocenters. The summed E-state index contributed by atoms with van der Waals surface area (Å²) < 4.78 is 10.7. The molecule has 2 aromatic rings. The Morgan fingerprint density at radius 1 is 1.24 bits per heavy atom. The number of carbonyl (C=O) groups excluding carboxylic acids is 1. The number of nitrogens with zero attached hydrogens (tertiary/aromatic N) is 4. The van der Waals surface area contributed by atoms with Crippen LogP contribution in [0.4, 0.5) is 5.82 Å². The third kappa shape index (κ3) is 4.39. The molecule has 4 heterocycles. The van der Waals surface area contributed by atoms with Crippen LogP contribution < -0.4 is 4.90 Å². The minimum atomic E-state index is -0.263. The first-order valence-corrected chi connectivity index (χ1v) is 11.4. The molecule has 2 aliphatic heterocycles. The van der Waals surface area contributed by atoms with Gasteiger partial charge in [0.05, 0.1) is 25.2 Å². The van der Waals surface area contributed by atoms with Gasteiger partial charge in [-0.2, -0.15) is 0 Å². The van der Waals surface area contributed by atoms with Gasteiger partial charge in [-0.25, -0.2) is 14.8 Å². The number of fused-ring (bicyclic) bond motifs is 1. The predicted molar refractivity (Wildman–Crippen MR) is 115 cm³/mol. The third-order valence-corrected chi connectivity index (χ3v) is 6.95. The number of carbonyl (C=O) groups is 1. The van der Waals surface area contributed by atoms with Gasteiger partial charge < -0.3 is 14.4 Å². The van der Waals surface area contributed by atoms with E-state index in [9.17, 15) is 4.79 Å². The summed E-state index contributed by atoms with van der Waals surface area (Å²) in [7, 11) is 0. The molecule has 0 saturated carbocycles. The zero-order valence-corrected chi connectivity index (χ0v) is 18.4. The second-order valence-electron chi connectivity index (χ2n) is 7.92. The molecule has 2 aromatic heterocycles. The van der Waals surface area contributed by atoms with E-state index in [1.54, 1.807) is 0 Å². The normalized spacial score (nSPS) is 20.9. The number of anilines is 1. The average molecular weight is 419 g/mol. The minimum absolute atomic E-state index is 0.263. The molecule has 0 spiro atoms. The van der Waals surface area contributed by atoms with Gasteiger partial charge in [0.25, 0.3) is 0 Å². The van der Waals surface area contributed by atoms with Crippen LogP contribution in [0.15, 0.2) is 0 Å². The molecule has 1 atom stereocenters. The van der Waals surface area contributed by atoms with Crippen molar-refractivity contribution in [3.63, 3.8) is 0 Å². The molecule has 2 saturated heterocycles. The fourth-order valence-corrected chi connectivity index (χ4v) is 5.51. The number of thiophene rings is 1. The molecule has 4 rings (SSSR count). The topological polar surface area (TPSA) is 67.8 Å². The van der Waals surface area contributed by atoms with Crippen LogP contribution in [0.1, 0.15) is 40.8 Å². The van der Waals surface area contributed by atoms with Crippen molar-refractivity contribution in [2.75, 3.05) is 57.4 Å². The van der Waals surface area contributed by atoms with Crippen molar-refractivity contribution in [2.45, 2.75) is 33.6 Å². The Morgan fingerprint density at radius 2 is 2.03 bits per heavy atom. The van der Waals surface area contributed by atoms with Crippen molar-refractivity contribution in [2.24, 2.45) is 5.92 Å². The van der Waals surface area contributed by atoms with E-state index >= 15 is 0 Å². The lowest BCUT2D eigenvalue weighted by atomic mass is 9.97. The van der Waals surface area contributed by atoms with E-state index in [0.717, 1.165) is 79.8 Å². The van der Waals surface area contributed by atoms with E-state index in [2.05, 4.69) is 14.8 Å². The molecule has 0 amide bonds. The van der Waals surface area contributed by atoms with Gasteiger partial charge in [-0.15, -0.1) is 11.3 Å². The predicted octanol–water partition coefficient (Wildman–Crippen LogP) is 3.03. The van der Waals surface area contributed by atoms with E-state index in [0.29, 0.717) is 17.4 Å². The molecule has 2 aliphatic rings. The fourth-order valence-electron chi connectivity index (χ4n) is 4.40. The summed E-state index contributed by atoms with van der Waals surface area (Å²) in [4.78, 5) is 28.3. The van der Waals surface area contributed by atoms with Crippen LogP contribution in [0.2, 0.25) is 0 Å². The highest BCUT2D eigenvalue weighted by molar-refractivity contribution is 7.20. The Labute approximate surface area is 176 Å². The number of esters is 1. The van der Waals surface area contributed by atoms with Crippen LogP contribution in [-0.4, -0.2) is 73.4 Å². The van der Waals surface area contributed by atoms with Crippen LogP contribution in [-0.2, 0) is 9.47 Å². The second-order valence-corrected chi connectivity index (χ2v) is 8.92. The van der Waals surface area contributed by atoms with Crippen molar-refractivity contribution in [1.82, 2.24) is 14.9 Å². The number of ether oxygens (including phenoxy) is 2. The van der Waals surface area contributed by atoms with E-state index in [1.165, 1.54) is 17.8 Å². The number of rotatable bonds is 5. The highest BCUT2D eigenvalue weighted by Crippen LogP contribution is 2.37. The molecule has 0 N–H and O–H groups in total. The Kier molecular flexibility index (Phi) is 6.32. The van der Waals surface area contributed by atoms with Crippen LogP contribution in [0.3, 0.4) is 0 Å². The monoisotopic (exact) mass is 418 g/mol. The summed E-state index contributed by atoms with van der Waals surface area (Å²) in [6, 6.07) is 0. The van der Waals surface area contributed by atoms with E-state index in [4.69, 9.17) is 14.5 Å². The summed E-state index contributed by atoms with van der Waals surface area (Å²) in [5, 5.41) is 1.01. The van der Waals surface area contributed by atoms with Crippen molar-refractivity contribution >= 4 is 33.3 Å². The summed E-state index contributed by atoms with van der Waals surface area (Å²) in [5.41, 5.74) is 0.939. The van der Waals surface area contributed by atoms with E-state index < -0.39 is 0 Å².